The molecule has 0 radical (unpaired) electrons. The molecule has 0 aliphatic carbocycles. The van der Waals surface area contributed by atoms with E-state index in [9.17, 15) is 9.59 Å². The van der Waals surface area contributed by atoms with E-state index in [2.05, 4.69) is 31.0 Å². The number of aromatic nitrogens is 4. The van der Waals surface area contributed by atoms with Gasteiger partial charge >= 0.3 is 0 Å². The van der Waals surface area contributed by atoms with E-state index >= 15 is 0 Å². The lowest BCUT2D eigenvalue weighted by Gasteiger charge is -2.01. The van der Waals surface area contributed by atoms with Crippen molar-refractivity contribution in [1.82, 2.24) is 20.4 Å². The van der Waals surface area contributed by atoms with Crippen LogP contribution < -0.4 is 10.6 Å². The van der Waals surface area contributed by atoms with Crippen LogP contribution in [0.2, 0.25) is 0 Å². The van der Waals surface area contributed by atoms with Gasteiger partial charge in [-0.3, -0.25) is 9.59 Å². The van der Waals surface area contributed by atoms with E-state index in [1.165, 1.54) is 22.7 Å². The van der Waals surface area contributed by atoms with Gasteiger partial charge in [-0.05, 0) is 23.3 Å². The fourth-order valence-electron chi connectivity index (χ4n) is 3.14. The minimum Gasteiger partial charge on any atom is -0.300 e. The van der Waals surface area contributed by atoms with Crippen molar-refractivity contribution >= 4 is 56.5 Å². The molecular formula is C24H24N6O2S3. The fraction of sp³-hybridized carbons (Fsp3) is 0.250. The van der Waals surface area contributed by atoms with Crippen LogP contribution in [0.1, 0.15) is 27.6 Å². The molecule has 2 heterocycles. The Morgan fingerprint density at radius 3 is 1.80 bits per heavy atom. The van der Waals surface area contributed by atoms with Crippen LogP contribution in [-0.2, 0) is 34.6 Å². The summed E-state index contributed by atoms with van der Waals surface area (Å²) in [6, 6.07) is 19.2. The maximum Gasteiger partial charge on any atom is 0.230 e. The van der Waals surface area contributed by atoms with Crippen LogP contribution in [0.3, 0.4) is 0 Å². The molecule has 2 aromatic carbocycles. The van der Waals surface area contributed by atoms with Gasteiger partial charge in [0.1, 0.15) is 10.0 Å². The second-order valence-electron chi connectivity index (χ2n) is 7.58. The van der Waals surface area contributed by atoms with Crippen molar-refractivity contribution in [2.75, 3.05) is 16.4 Å². The molecule has 0 saturated carbocycles. The van der Waals surface area contributed by atoms with Gasteiger partial charge in [0.15, 0.2) is 0 Å². The predicted octanol–water partition coefficient (Wildman–Crippen LogP) is 4.62. The Morgan fingerprint density at radius 2 is 1.23 bits per heavy atom. The van der Waals surface area contributed by atoms with Crippen molar-refractivity contribution in [3.63, 3.8) is 0 Å². The summed E-state index contributed by atoms with van der Waals surface area (Å²) in [4.78, 5) is 24.3. The molecule has 8 nitrogen and oxygen atoms in total. The Hall–Kier alpha value is -3.15. The normalized spacial score (nSPS) is 10.7. The summed E-state index contributed by atoms with van der Waals surface area (Å²) >= 11 is 4.57. The van der Waals surface area contributed by atoms with Crippen molar-refractivity contribution in [2.45, 2.75) is 31.4 Å². The number of nitrogens with zero attached hydrogens (tertiary/aromatic N) is 4. The number of carbonyl (C=O) groups is 2. The second kappa shape index (κ2) is 13.1. The monoisotopic (exact) mass is 524 g/mol. The minimum atomic E-state index is -0.0979. The average Bonchev–Trinajstić information content (AvgIpc) is 3.49. The SMILES string of the molecule is O=C(Cc1ccccc1)Nc1nnc(CCCSCc2nnc(NC(=O)Cc3ccccc3)s2)s1. The highest BCUT2D eigenvalue weighted by Crippen LogP contribution is 2.22. The zero-order valence-corrected chi connectivity index (χ0v) is 21.3. The smallest absolute Gasteiger partial charge is 0.230 e. The number of amides is 2. The largest absolute Gasteiger partial charge is 0.300 e. The molecule has 180 valence electrons. The Bertz CT molecular complexity index is 1130. The number of benzene rings is 2. The first-order valence-electron chi connectivity index (χ1n) is 11.0. The van der Waals surface area contributed by atoms with Crippen LogP contribution in [0.15, 0.2) is 60.7 Å². The fourth-order valence-corrected chi connectivity index (χ4v) is 5.70. The molecule has 35 heavy (non-hydrogen) atoms. The zero-order valence-electron chi connectivity index (χ0n) is 18.8. The van der Waals surface area contributed by atoms with Crippen molar-refractivity contribution in [3.05, 3.63) is 81.8 Å². The van der Waals surface area contributed by atoms with E-state index in [4.69, 9.17) is 0 Å². The molecular weight excluding hydrogens is 501 g/mol. The van der Waals surface area contributed by atoms with E-state index in [-0.39, 0.29) is 11.8 Å². The molecule has 4 rings (SSSR count). The number of thioether (sulfide) groups is 1. The van der Waals surface area contributed by atoms with E-state index in [0.29, 0.717) is 23.1 Å². The molecule has 0 aliphatic rings. The van der Waals surface area contributed by atoms with E-state index in [0.717, 1.165) is 45.5 Å². The van der Waals surface area contributed by atoms with Gasteiger partial charge in [-0.2, -0.15) is 11.8 Å². The number of carbonyl (C=O) groups excluding carboxylic acids is 2. The van der Waals surface area contributed by atoms with E-state index in [1.807, 2.05) is 60.7 Å². The van der Waals surface area contributed by atoms with Gasteiger partial charge < -0.3 is 10.6 Å². The molecule has 0 spiro atoms. The lowest BCUT2D eigenvalue weighted by atomic mass is 10.1. The summed E-state index contributed by atoms with van der Waals surface area (Å²) in [6.07, 6.45) is 2.37. The number of hydrogen-bond donors (Lipinski definition) is 2. The molecule has 0 bridgehead atoms. The molecule has 0 atom stereocenters. The quantitative estimate of drug-likeness (QED) is 0.260. The Morgan fingerprint density at radius 1 is 0.714 bits per heavy atom. The lowest BCUT2D eigenvalue weighted by molar-refractivity contribution is -0.116. The molecule has 2 amide bonds. The molecule has 2 aromatic heterocycles. The van der Waals surface area contributed by atoms with Crippen molar-refractivity contribution in [3.8, 4) is 0 Å². The summed E-state index contributed by atoms with van der Waals surface area (Å²) in [6.45, 7) is 0. The van der Waals surface area contributed by atoms with E-state index in [1.54, 1.807) is 11.8 Å². The van der Waals surface area contributed by atoms with Gasteiger partial charge in [-0.15, -0.1) is 20.4 Å². The Balaban J connectivity index is 1.11. The molecule has 2 N–H and O–H groups in total. The summed E-state index contributed by atoms with van der Waals surface area (Å²) in [7, 11) is 0. The highest BCUT2D eigenvalue weighted by molar-refractivity contribution is 7.98. The summed E-state index contributed by atoms with van der Waals surface area (Å²) in [5.41, 5.74) is 1.92. The number of aryl methyl sites for hydroxylation is 1. The first-order chi connectivity index (χ1) is 17.1. The van der Waals surface area contributed by atoms with Crippen molar-refractivity contribution in [2.24, 2.45) is 0 Å². The molecule has 11 heteroatoms. The Labute approximate surface area is 215 Å². The third-order valence-electron chi connectivity index (χ3n) is 4.75. The van der Waals surface area contributed by atoms with Crippen LogP contribution in [0, 0.1) is 0 Å². The van der Waals surface area contributed by atoms with Gasteiger partial charge in [0, 0.05) is 12.2 Å². The summed E-state index contributed by atoms with van der Waals surface area (Å²) in [5, 5.41) is 25.0. The van der Waals surface area contributed by atoms with Crippen LogP contribution in [0.25, 0.3) is 0 Å². The minimum absolute atomic E-state index is 0.0952. The molecule has 0 unspecified atom stereocenters. The molecule has 4 aromatic rings. The third-order valence-corrected chi connectivity index (χ3v) is 7.72. The van der Waals surface area contributed by atoms with Gasteiger partial charge in [-0.1, -0.05) is 83.3 Å². The van der Waals surface area contributed by atoms with Gasteiger partial charge in [0.25, 0.3) is 0 Å². The average molecular weight is 525 g/mol. The lowest BCUT2D eigenvalue weighted by Crippen LogP contribution is -2.14. The zero-order chi connectivity index (χ0) is 24.3. The highest BCUT2D eigenvalue weighted by atomic mass is 32.2. The number of nitrogens with one attached hydrogen (secondary N) is 2. The predicted molar refractivity (Wildman–Crippen MR) is 142 cm³/mol. The second-order valence-corrected chi connectivity index (χ2v) is 10.8. The topological polar surface area (TPSA) is 110 Å². The first-order valence-corrected chi connectivity index (χ1v) is 13.8. The van der Waals surface area contributed by atoms with Gasteiger partial charge in [-0.25, -0.2) is 0 Å². The molecule has 0 aliphatic heterocycles. The molecule has 0 fully saturated rings. The van der Waals surface area contributed by atoms with Crippen LogP contribution >= 0.6 is 34.4 Å². The highest BCUT2D eigenvalue weighted by Gasteiger charge is 2.11. The third kappa shape index (κ3) is 8.53. The van der Waals surface area contributed by atoms with Crippen molar-refractivity contribution in [1.29, 1.82) is 0 Å². The van der Waals surface area contributed by atoms with Gasteiger partial charge in [0.2, 0.25) is 22.1 Å². The number of rotatable bonds is 12. The standard InChI is InChI=1S/C24H24N6O2S3/c31-19(14-17-8-3-1-4-9-17)25-23-29-27-21(34-23)12-7-13-33-16-22-28-30-24(35-22)26-20(32)15-18-10-5-2-6-11-18/h1-6,8-11H,7,12-16H2,(H,25,29,31)(H,26,30,32). The maximum atomic E-state index is 12.2. The van der Waals surface area contributed by atoms with Gasteiger partial charge in [0.05, 0.1) is 12.8 Å². The van der Waals surface area contributed by atoms with Crippen molar-refractivity contribution < 1.29 is 9.59 Å². The number of anilines is 2. The van der Waals surface area contributed by atoms with E-state index < -0.39 is 0 Å². The van der Waals surface area contributed by atoms with Crippen LogP contribution in [0.4, 0.5) is 10.3 Å². The summed E-state index contributed by atoms with van der Waals surface area (Å²) < 4.78 is 0. The number of hydrogen-bond acceptors (Lipinski definition) is 9. The van der Waals surface area contributed by atoms with Crippen LogP contribution in [0.5, 0.6) is 0 Å². The first kappa shape index (κ1) is 25.0. The summed E-state index contributed by atoms with van der Waals surface area (Å²) in [5.74, 6) is 1.48. The maximum absolute atomic E-state index is 12.2. The van der Waals surface area contributed by atoms with Crippen LogP contribution in [-0.4, -0.2) is 38.0 Å². The Kier molecular flexibility index (Phi) is 9.32. The molecule has 0 saturated heterocycles.